The fourth-order valence-electron chi connectivity index (χ4n) is 4.30. The number of hydrogen-bond acceptors (Lipinski definition) is 4. The first kappa shape index (κ1) is 23.4. The number of fused-ring (bicyclic) bond motifs is 1. The number of carbonyl (C=O) groups is 2. The Bertz CT molecular complexity index is 1240. The molecule has 0 saturated carbocycles. The number of amides is 2. The number of hydrogen-bond donors (Lipinski definition) is 1. The van der Waals surface area contributed by atoms with Crippen LogP contribution in [0.5, 0.6) is 0 Å². The lowest BCUT2D eigenvalue weighted by atomic mass is 9.94. The first-order chi connectivity index (χ1) is 16.4. The van der Waals surface area contributed by atoms with E-state index >= 15 is 0 Å². The molecule has 0 unspecified atom stereocenters. The third kappa shape index (κ3) is 5.42. The highest BCUT2D eigenvalue weighted by Gasteiger charge is 2.31. The van der Waals surface area contributed by atoms with Crippen molar-refractivity contribution in [3.63, 3.8) is 0 Å². The summed E-state index contributed by atoms with van der Waals surface area (Å²) in [7, 11) is 0. The summed E-state index contributed by atoms with van der Waals surface area (Å²) in [6.45, 7) is 5.26. The molecular formula is C27H30N4O3. The molecule has 34 heavy (non-hydrogen) atoms. The third-order valence-corrected chi connectivity index (χ3v) is 6.26. The molecule has 1 aliphatic rings. The van der Waals surface area contributed by atoms with Crippen molar-refractivity contribution in [2.75, 3.05) is 13.1 Å². The molecule has 4 rings (SSSR count). The molecule has 3 aromatic rings. The van der Waals surface area contributed by atoms with E-state index in [2.05, 4.69) is 9.97 Å². The number of nitrogens with zero attached hydrogens (tertiary/aromatic N) is 3. The van der Waals surface area contributed by atoms with Gasteiger partial charge in [0.2, 0.25) is 11.8 Å². The SMILES string of the molecule is CC(C)N(Cc1nc2ccccc2c(=O)[nH]1)C(=O)C1CCN(C(=O)/C=C/c2ccccc2)CC1. The lowest BCUT2D eigenvalue weighted by molar-refractivity contribution is -0.141. The van der Waals surface area contributed by atoms with Crippen LogP contribution in [0.4, 0.5) is 0 Å². The van der Waals surface area contributed by atoms with Gasteiger partial charge in [0.15, 0.2) is 0 Å². The lowest BCUT2D eigenvalue weighted by Crippen LogP contribution is -2.46. The highest BCUT2D eigenvalue weighted by atomic mass is 16.2. The van der Waals surface area contributed by atoms with Gasteiger partial charge in [-0.15, -0.1) is 0 Å². The molecule has 0 spiro atoms. The van der Waals surface area contributed by atoms with Crippen molar-refractivity contribution >= 4 is 28.8 Å². The normalized spacial score (nSPS) is 14.7. The molecule has 2 amide bonds. The Kier molecular flexibility index (Phi) is 7.21. The number of rotatable bonds is 6. The van der Waals surface area contributed by atoms with E-state index in [0.717, 1.165) is 5.56 Å². The molecule has 176 valence electrons. The van der Waals surface area contributed by atoms with Crippen molar-refractivity contribution in [1.29, 1.82) is 0 Å². The lowest BCUT2D eigenvalue weighted by Gasteiger charge is -2.35. The van der Waals surface area contributed by atoms with Crippen LogP contribution in [0.25, 0.3) is 17.0 Å². The number of aromatic nitrogens is 2. The maximum atomic E-state index is 13.4. The second kappa shape index (κ2) is 10.5. The van der Waals surface area contributed by atoms with E-state index in [1.165, 1.54) is 0 Å². The Labute approximate surface area is 199 Å². The molecule has 0 atom stereocenters. The van der Waals surface area contributed by atoms with Gasteiger partial charge in [-0.25, -0.2) is 4.98 Å². The Hall–Kier alpha value is -3.74. The molecule has 1 N–H and O–H groups in total. The molecule has 2 aromatic carbocycles. The van der Waals surface area contributed by atoms with Crippen molar-refractivity contribution < 1.29 is 9.59 Å². The van der Waals surface area contributed by atoms with Crippen molar-refractivity contribution in [2.45, 2.75) is 39.3 Å². The molecule has 1 saturated heterocycles. The second-order valence-electron chi connectivity index (χ2n) is 8.93. The Morgan fingerprint density at radius 3 is 2.47 bits per heavy atom. The Morgan fingerprint density at radius 2 is 1.76 bits per heavy atom. The molecule has 1 aliphatic heterocycles. The van der Waals surface area contributed by atoms with E-state index in [4.69, 9.17) is 0 Å². The highest BCUT2D eigenvalue weighted by Crippen LogP contribution is 2.22. The van der Waals surface area contributed by atoms with Gasteiger partial charge in [-0.2, -0.15) is 0 Å². The molecular weight excluding hydrogens is 428 g/mol. The van der Waals surface area contributed by atoms with E-state index in [-0.39, 0.29) is 35.9 Å². The number of piperidine rings is 1. The fraction of sp³-hybridized carbons (Fsp3) is 0.333. The van der Waals surface area contributed by atoms with Crippen molar-refractivity contribution in [1.82, 2.24) is 19.8 Å². The van der Waals surface area contributed by atoms with E-state index in [1.807, 2.05) is 56.3 Å². The van der Waals surface area contributed by atoms with Gasteiger partial charge < -0.3 is 14.8 Å². The quantitative estimate of drug-likeness (QED) is 0.572. The van der Waals surface area contributed by atoms with Crippen LogP contribution >= 0.6 is 0 Å². The minimum atomic E-state index is -0.202. The van der Waals surface area contributed by atoms with Crippen LogP contribution in [0.2, 0.25) is 0 Å². The van der Waals surface area contributed by atoms with Gasteiger partial charge in [-0.3, -0.25) is 14.4 Å². The zero-order chi connectivity index (χ0) is 24.1. The highest BCUT2D eigenvalue weighted by molar-refractivity contribution is 5.92. The van der Waals surface area contributed by atoms with E-state index in [0.29, 0.717) is 42.7 Å². The standard InChI is InChI=1S/C27H30N4O3/c1-19(2)31(18-24-28-23-11-7-6-10-22(23)26(33)29-24)27(34)21-14-16-30(17-15-21)25(32)13-12-20-8-4-3-5-9-20/h3-13,19,21H,14-18H2,1-2H3,(H,28,29,33)/b13-12+. The summed E-state index contributed by atoms with van der Waals surface area (Å²) in [5.74, 6) is 0.326. The molecule has 1 aromatic heterocycles. The predicted octanol–water partition coefficient (Wildman–Crippen LogP) is 3.61. The van der Waals surface area contributed by atoms with Crippen LogP contribution in [-0.2, 0) is 16.1 Å². The van der Waals surface area contributed by atoms with Crippen molar-refractivity contribution in [2.24, 2.45) is 5.92 Å². The van der Waals surface area contributed by atoms with Gasteiger partial charge in [0, 0.05) is 31.1 Å². The minimum Gasteiger partial charge on any atom is -0.339 e. The third-order valence-electron chi connectivity index (χ3n) is 6.26. The van der Waals surface area contributed by atoms with E-state index < -0.39 is 0 Å². The monoisotopic (exact) mass is 458 g/mol. The zero-order valence-electron chi connectivity index (χ0n) is 19.6. The predicted molar refractivity (Wildman–Crippen MR) is 133 cm³/mol. The average molecular weight is 459 g/mol. The van der Waals surface area contributed by atoms with Crippen LogP contribution in [0.1, 0.15) is 38.1 Å². The van der Waals surface area contributed by atoms with E-state index in [9.17, 15) is 14.4 Å². The topological polar surface area (TPSA) is 86.4 Å². The van der Waals surface area contributed by atoms with Crippen LogP contribution in [0.15, 0.2) is 65.5 Å². The summed E-state index contributed by atoms with van der Waals surface area (Å²) in [5.41, 5.74) is 1.40. The molecule has 0 aliphatic carbocycles. The van der Waals surface area contributed by atoms with Crippen LogP contribution in [0.3, 0.4) is 0 Å². The smallest absolute Gasteiger partial charge is 0.258 e. The summed E-state index contributed by atoms with van der Waals surface area (Å²) in [4.78, 5) is 49.3. The minimum absolute atomic E-state index is 0.0339. The maximum Gasteiger partial charge on any atom is 0.258 e. The maximum absolute atomic E-state index is 13.4. The first-order valence-corrected chi connectivity index (χ1v) is 11.7. The van der Waals surface area contributed by atoms with E-state index in [1.54, 1.807) is 34.1 Å². The average Bonchev–Trinajstić information content (AvgIpc) is 2.86. The Balaban J connectivity index is 1.39. The van der Waals surface area contributed by atoms with Crippen LogP contribution < -0.4 is 5.56 Å². The number of carbonyl (C=O) groups excluding carboxylic acids is 2. The second-order valence-corrected chi connectivity index (χ2v) is 8.93. The summed E-state index contributed by atoms with van der Waals surface area (Å²) < 4.78 is 0. The van der Waals surface area contributed by atoms with Gasteiger partial charge in [0.1, 0.15) is 5.82 Å². The molecule has 2 heterocycles. The number of para-hydroxylation sites is 1. The summed E-state index contributed by atoms with van der Waals surface area (Å²) in [6.07, 6.45) is 4.65. The number of H-pyrrole nitrogens is 1. The molecule has 7 heteroatoms. The van der Waals surface area contributed by atoms with Gasteiger partial charge in [0.05, 0.1) is 17.4 Å². The van der Waals surface area contributed by atoms with Crippen LogP contribution in [-0.4, -0.2) is 50.7 Å². The summed E-state index contributed by atoms with van der Waals surface area (Å²) in [5, 5.41) is 0.534. The number of aromatic amines is 1. The number of benzene rings is 2. The van der Waals surface area contributed by atoms with Crippen LogP contribution in [0, 0.1) is 5.92 Å². The summed E-state index contributed by atoms with van der Waals surface area (Å²) in [6, 6.07) is 16.8. The molecule has 0 bridgehead atoms. The molecule has 7 nitrogen and oxygen atoms in total. The van der Waals surface area contributed by atoms with Crippen molar-refractivity contribution in [3.8, 4) is 0 Å². The zero-order valence-corrected chi connectivity index (χ0v) is 19.6. The molecule has 0 radical (unpaired) electrons. The fourth-order valence-corrected chi connectivity index (χ4v) is 4.30. The van der Waals surface area contributed by atoms with Gasteiger partial charge >= 0.3 is 0 Å². The van der Waals surface area contributed by atoms with Gasteiger partial charge in [-0.05, 0) is 50.5 Å². The summed E-state index contributed by atoms with van der Waals surface area (Å²) >= 11 is 0. The first-order valence-electron chi connectivity index (χ1n) is 11.7. The Morgan fingerprint density at radius 1 is 1.09 bits per heavy atom. The number of likely N-dealkylation sites (tertiary alicyclic amines) is 1. The van der Waals surface area contributed by atoms with Gasteiger partial charge in [0.25, 0.3) is 5.56 Å². The largest absolute Gasteiger partial charge is 0.339 e. The van der Waals surface area contributed by atoms with Gasteiger partial charge in [-0.1, -0.05) is 42.5 Å². The van der Waals surface area contributed by atoms with Crippen molar-refractivity contribution in [3.05, 3.63) is 82.4 Å². The molecule has 1 fully saturated rings. The number of nitrogens with one attached hydrogen (secondary N) is 1.